The third-order valence-corrected chi connectivity index (χ3v) is 2.34. The molecule has 0 aliphatic heterocycles. The van der Waals surface area contributed by atoms with Gasteiger partial charge in [-0.15, -0.1) is 0 Å². The highest BCUT2D eigenvalue weighted by Gasteiger charge is 2.30. The maximum absolute atomic E-state index is 10.8. The summed E-state index contributed by atoms with van der Waals surface area (Å²) in [5.41, 5.74) is 0.525. The van der Waals surface area contributed by atoms with E-state index in [1.165, 1.54) is 13.8 Å². The van der Waals surface area contributed by atoms with Gasteiger partial charge in [0, 0.05) is 11.1 Å². The first-order valence-corrected chi connectivity index (χ1v) is 4.25. The van der Waals surface area contributed by atoms with E-state index < -0.39 is 21.2 Å². The first-order chi connectivity index (χ1) is 6.86. The molecule has 0 saturated heterocycles. The van der Waals surface area contributed by atoms with Gasteiger partial charge in [0.2, 0.25) is 0 Å². The zero-order valence-electron chi connectivity index (χ0n) is 8.60. The number of nitro benzene ring substituents is 2. The normalized spacial score (nSPS) is 10.1. The Morgan fingerprint density at radius 1 is 0.933 bits per heavy atom. The highest BCUT2D eigenvalue weighted by Crippen LogP contribution is 2.35. The predicted octanol–water partition coefficient (Wildman–Crippen LogP) is 2.43. The molecule has 0 unspecified atom stereocenters. The quantitative estimate of drug-likeness (QED) is 0.554. The molecule has 1 rings (SSSR count). The molecule has 0 aliphatic carbocycles. The van der Waals surface area contributed by atoms with Crippen LogP contribution in [0.5, 0.6) is 0 Å². The summed E-state index contributed by atoms with van der Waals surface area (Å²) in [6.07, 6.45) is 0. The maximum Gasteiger partial charge on any atom is 0.349 e. The van der Waals surface area contributed by atoms with Crippen LogP contribution in [0.25, 0.3) is 0 Å². The van der Waals surface area contributed by atoms with Crippen molar-refractivity contribution in [3.8, 4) is 0 Å². The Morgan fingerprint density at radius 2 is 1.40 bits per heavy atom. The Morgan fingerprint density at radius 3 is 1.80 bits per heavy atom. The van der Waals surface area contributed by atoms with E-state index in [0.717, 1.165) is 0 Å². The third kappa shape index (κ3) is 1.78. The third-order valence-electron chi connectivity index (χ3n) is 2.34. The van der Waals surface area contributed by atoms with Gasteiger partial charge in [0.05, 0.1) is 9.85 Å². The molecule has 80 valence electrons. The van der Waals surface area contributed by atoms with Gasteiger partial charge in [0.1, 0.15) is 0 Å². The molecule has 0 aliphatic rings. The van der Waals surface area contributed by atoms with E-state index in [1.54, 1.807) is 13.0 Å². The lowest BCUT2D eigenvalue weighted by Crippen LogP contribution is -2.02. The SMILES string of the molecule is Cc1cc(C)c([N+](=O)[O-])c([N+](=O)[O-])c1C. The molecular formula is C9H10N2O4. The minimum Gasteiger partial charge on any atom is -0.258 e. The van der Waals surface area contributed by atoms with Crippen LogP contribution in [0.2, 0.25) is 0 Å². The summed E-state index contributed by atoms with van der Waals surface area (Å²) in [6, 6.07) is 1.58. The lowest BCUT2D eigenvalue weighted by Gasteiger charge is -2.04. The van der Waals surface area contributed by atoms with Crippen molar-refractivity contribution in [1.82, 2.24) is 0 Å². The molecule has 1 aromatic rings. The first kappa shape index (κ1) is 11.1. The van der Waals surface area contributed by atoms with E-state index in [9.17, 15) is 20.2 Å². The van der Waals surface area contributed by atoms with Gasteiger partial charge in [-0.2, -0.15) is 0 Å². The molecule has 0 atom stereocenters. The Hall–Kier alpha value is -1.98. The van der Waals surface area contributed by atoms with E-state index in [0.29, 0.717) is 16.7 Å². The molecule has 6 nitrogen and oxygen atoms in total. The van der Waals surface area contributed by atoms with Gasteiger partial charge < -0.3 is 0 Å². The Bertz CT molecular complexity index is 454. The van der Waals surface area contributed by atoms with Gasteiger partial charge in [-0.3, -0.25) is 20.2 Å². The van der Waals surface area contributed by atoms with Gasteiger partial charge in [0.25, 0.3) is 0 Å². The van der Waals surface area contributed by atoms with Crippen LogP contribution in [0.3, 0.4) is 0 Å². The van der Waals surface area contributed by atoms with Crippen molar-refractivity contribution in [2.24, 2.45) is 0 Å². The molecule has 0 aromatic heterocycles. The molecule has 6 heteroatoms. The van der Waals surface area contributed by atoms with Gasteiger partial charge in [-0.1, -0.05) is 0 Å². The zero-order valence-corrected chi connectivity index (χ0v) is 8.60. The summed E-state index contributed by atoms with van der Waals surface area (Å²) in [5, 5.41) is 21.5. The lowest BCUT2D eigenvalue weighted by molar-refractivity contribution is -0.423. The summed E-state index contributed by atoms with van der Waals surface area (Å²) < 4.78 is 0. The van der Waals surface area contributed by atoms with Gasteiger partial charge in [-0.25, -0.2) is 0 Å². The number of hydrogen-bond donors (Lipinski definition) is 0. The van der Waals surface area contributed by atoms with E-state index >= 15 is 0 Å². The van der Waals surface area contributed by atoms with Gasteiger partial charge >= 0.3 is 11.4 Å². The predicted molar refractivity (Wildman–Crippen MR) is 54.0 cm³/mol. The van der Waals surface area contributed by atoms with Crippen LogP contribution in [0, 0.1) is 41.0 Å². The minimum absolute atomic E-state index is 0.315. The number of aryl methyl sites for hydroxylation is 2. The zero-order chi connectivity index (χ0) is 11.7. The van der Waals surface area contributed by atoms with Crippen molar-refractivity contribution in [2.45, 2.75) is 20.8 Å². The topological polar surface area (TPSA) is 86.3 Å². The Labute approximate surface area is 85.8 Å². The van der Waals surface area contributed by atoms with E-state index in [-0.39, 0.29) is 0 Å². The molecule has 0 heterocycles. The molecule has 1 aromatic carbocycles. The fraction of sp³-hybridized carbons (Fsp3) is 0.333. The molecule has 0 saturated carbocycles. The number of rotatable bonds is 2. The van der Waals surface area contributed by atoms with E-state index in [2.05, 4.69) is 0 Å². The molecular weight excluding hydrogens is 200 g/mol. The van der Waals surface area contributed by atoms with Crippen LogP contribution in [-0.2, 0) is 0 Å². The van der Waals surface area contributed by atoms with Crippen molar-refractivity contribution in [3.05, 3.63) is 43.0 Å². The summed E-state index contributed by atoms with van der Waals surface area (Å²) in [7, 11) is 0. The monoisotopic (exact) mass is 210 g/mol. The van der Waals surface area contributed by atoms with Crippen molar-refractivity contribution in [3.63, 3.8) is 0 Å². The smallest absolute Gasteiger partial charge is 0.258 e. The number of benzene rings is 1. The number of nitrogens with zero attached hydrogens (tertiary/aromatic N) is 2. The van der Waals surface area contributed by atoms with Crippen molar-refractivity contribution >= 4 is 11.4 Å². The fourth-order valence-electron chi connectivity index (χ4n) is 1.51. The highest BCUT2D eigenvalue weighted by molar-refractivity contribution is 5.63. The average molecular weight is 210 g/mol. The van der Waals surface area contributed by atoms with Crippen molar-refractivity contribution < 1.29 is 9.85 Å². The van der Waals surface area contributed by atoms with Crippen LogP contribution >= 0.6 is 0 Å². The second-order valence-electron chi connectivity index (χ2n) is 3.35. The molecule has 0 amide bonds. The van der Waals surface area contributed by atoms with Gasteiger partial charge in [0.15, 0.2) is 0 Å². The minimum atomic E-state index is -0.708. The standard InChI is InChI=1S/C9H10N2O4/c1-5-4-6(2)8(10(12)13)9(7(5)3)11(14)15/h4H,1-3H3. The average Bonchev–Trinajstić information content (AvgIpc) is 2.09. The molecule has 0 fully saturated rings. The number of hydrogen-bond acceptors (Lipinski definition) is 4. The van der Waals surface area contributed by atoms with Crippen LogP contribution in [0.15, 0.2) is 6.07 Å². The second kappa shape index (κ2) is 3.64. The van der Waals surface area contributed by atoms with E-state index in [1.807, 2.05) is 0 Å². The molecule has 0 radical (unpaired) electrons. The summed E-state index contributed by atoms with van der Waals surface area (Å²) in [6.45, 7) is 4.70. The molecule has 0 bridgehead atoms. The lowest BCUT2D eigenvalue weighted by atomic mass is 10.0. The van der Waals surface area contributed by atoms with Crippen LogP contribution < -0.4 is 0 Å². The summed E-state index contributed by atoms with van der Waals surface area (Å²) >= 11 is 0. The molecule has 15 heavy (non-hydrogen) atoms. The Balaban J connectivity index is 3.69. The largest absolute Gasteiger partial charge is 0.349 e. The second-order valence-corrected chi connectivity index (χ2v) is 3.35. The maximum atomic E-state index is 10.8. The highest BCUT2D eigenvalue weighted by atomic mass is 16.6. The fourth-order valence-corrected chi connectivity index (χ4v) is 1.51. The van der Waals surface area contributed by atoms with E-state index in [4.69, 9.17) is 0 Å². The van der Waals surface area contributed by atoms with Crippen LogP contribution in [0.4, 0.5) is 11.4 Å². The number of nitro groups is 2. The van der Waals surface area contributed by atoms with Crippen molar-refractivity contribution in [2.75, 3.05) is 0 Å². The van der Waals surface area contributed by atoms with Crippen molar-refractivity contribution in [1.29, 1.82) is 0 Å². The summed E-state index contributed by atoms with van der Waals surface area (Å²) in [4.78, 5) is 20.1. The van der Waals surface area contributed by atoms with Gasteiger partial charge in [-0.05, 0) is 32.4 Å². The van der Waals surface area contributed by atoms with Crippen LogP contribution in [-0.4, -0.2) is 9.85 Å². The first-order valence-electron chi connectivity index (χ1n) is 4.25. The molecule has 0 spiro atoms. The van der Waals surface area contributed by atoms with Crippen LogP contribution in [0.1, 0.15) is 16.7 Å². The summed E-state index contributed by atoms with van der Waals surface area (Å²) in [5.74, 6) is 0. The molecule has 0 N–H and O–H groups in total. The Kier molecular flexibility index (Phi) is 2.69.